The van der Waals surface area contributed by atoms with Crippen molar-refractivity contribution in [2.75, 3.05) is 0 Å². The topological polar surface area (TPSA) is 68.1 Å². The lowest BCUT2D eigenvalue weighted by molar-refractivity contribution is 0.117. The molecule has 0 spiro atoms. The van der Waals surface area contributed by atoms with Crippen LogP contribution in [0, 0.1) is 20.8 Å². The van der Waals surface area contributed by atoms with Crippen LogP contribution in [-0.2, 0) is 5.54 Å². The van der Waals surface area contributed by atoms with E-state index in [9.17, 15) is 4.79 Å². The molecule has 1 saturated carbocycles. The maximum Gasteiger partial charge on any atom is 0.255 e. The van der Waals surface area contributed by atoms with E-state index in [-0.39, 0.29) is 17.2 Å². The number of ether oxygens (including phenoxy) is 1. The molecule has 28 heavy (non-hydrogen) atoms. The molecule has 4 heteroatoms. The number of H-pyrrole nitrogens is 1. The lowest BCUT2D eigenvalue weighted by atomic mass is 9.75. The molecule has 1 aliphatic carbocycles. The number of nitrogens with one attached hydrogen (secondary N) is 1. The normalized spacial score (nSPS) is 22.4. The molecule has 2 aromatic carbocycles. The molecule has 4 nitrogen and oxygen atoms in total. The summed E-state index contributed by atoms with van der Waals surface area (Å²) in [6.45, 7) is 6.25. The van der Waals surface area contributed by atoms with Crippen molar-refractivity contribution in [2.24, 2.45) is 5.73 Å². The van der Waals surface area contributed by atoms with Crippen LogP contribution in [0.2, 0.25) is 0 Å². The lowest BCUT2D eigenvalue weighted by Gasteiger charge is -2.38. The second-order valence-corrected chi connectivity index (χ2v) is 8.36. The molecule has 1 fully saturated rings. The average Bonchev–Trinajstić information content (AvgIpc) is 2.64. The van der Waals surface area contributed by atoms with Crippen LogP contribution >= 0.6 is 0 Å². The van der Waals surface area contributed by atoms with Gasteiger partial charge < -0.3 is 15.5 Å². The Morgan fingerprint density at radius 1 is 1.04 bits per heavy atom. The first-order valence-electron chi connectivity index (χ1n) is 10.0. The van der Waals surface area contributed by atoms with Crippen LogP contribution in [0.5, 0.6) is 5.75 Å². The van der Waals surface area contributed by atoms with Gasteiger partial charge in [-0.25, -0.2) is 0 Å². The lowest BCUT2D eigenvalue weighted by Crippen LogP contribution is -2.43. The maximum absolute atomic E-state index is 12.0. The summed E-state index contributed by atoms with van der Waals surface area (Å²) in [5, 5.41) is 1.61. The number of aromatic amines is 1. The zero-order valence-corrected chi connectivity index (χ0v) is 16.8. The molecule has 0 atom stereocenters. The van der Waals surface area contributed by atoms with Crippen LogP contribution in [0.1, 0.15) is 47.9 Å². The molecular formula is C24H28N2O2. The van der Waals surface area contributed by atoms with Gasteiger partial charge in [-0.05, 0) is 81.2 Å². The Balaban J connectivity index is 1.51. The fourth-order valence-electron chi connectivity index (χ4n) is 4.40. The minimum absolute atomic E-state index is 0.0637. The fraction of sp³-hybridized carbons (Fsp3) is 0.375. The predicted octanol–water partition coefficient (Wildman–Crippen LogP) is 4.63. The number of nitrogens with two attached hydrogens (primary N) is 1. The Kier molecular flexibility index (Phi) is 4.76. The van der Waals surface area contributed by atoms with Gasteiger partial charge in [0.25, 0.3) is 5.56 Å². The van der Waals surface area contributed by atoms with Crippen molar-refractivity contribution >= 4 is 10.8 Å². The first-order chi connectivity index (χ1) is 13.3. The molecule has 0 unspecified atom stereocenters. The minimum Gasteiger partial charge on any atom is -0.490 e. The molecule has 0 amide bonds. The van der Waals surface area contributed by atoms with Crippen molar-refractivity contribution in [3.8, 4) is 5.75 Å². The van der Waals surface area contributed by atoms with Crippen molar-refractivity contribution in [3.63, 3.8) is 0 Å². The number of benzene rings is 2. The van der Waals surface area contributed by atoms with Gasteiger partial charge in [0.05, 0.1) is 6.10 Å². The molecule has 0 bridgehead atoms. The first-order valence-corrected chi connectivity index (χ1v) is 10.0. The Bertz CT molecular complexity index is 1060. The Labute approximate surface area is 165 Å². The Morgan fingerprint density at radius 3 is 2.39 bits per heavy atom. The summed E-state index contributed by atoms with van der Waals surface area (Å²) in [4.78, 5) is 14.7. The second-order valence-electron chi connectivity index (χ2n) is 8.36. The number of fused-ring (bicyclic) bond motifs is 1. The van der Waals surface area contributed by atoms with E-state index >= 15 is 0 Å². The van der Waals surface area contributed by atoms with Crippen LogP contribution < -0.4 is 16.0 Å². The highest BCUT2D eigenvalue weighted by Crippen LogP contribution is 2.37. The van der Waals surface area contributed by atoms with E-state index in [4.69, 9.17) is 10.5 Å². The van der Waals surface area contributed by atoms with E-state index in [1.165, 1.54) is 16.7 Å². The van der Waals surface area contributed by atoms with Gasteiger partial charge in [0, 0.05) is 17.1 Å². The fourth-order valence-corrected chi connectivity index (χ4v) is 4.40. The zero-order chi connectivity index (χ0) is 19.9. The van der Waals surface area contributed by atoms with Gasteiger partial charge in [-0.15, -0.1) is 0 Å². The highest BCUT2D eigenvalue weighted by Gasteiger charge is 2.34. The molecule has 1 aliphatic rings. The van der Waals surface area contributed by atoms with Crippen molar-refractivity contribution in [3.05, 3.63) is 75.2 Å². The number of hydrogen-bond donors (Lipinski definition) is 2. The van der Waals surface area contributed by atoms with Gasteiger partial charge in [-0.2, -0.15) is 0 Å². The summed E-state index contributed by atoms with van der Waals surface area (Å²) in [7, 11) is 0. The monoisotopic (exact) mass is 376 g/mol. The molecule has 146 valence electrons. The van der Waals surface area contributed by atoms with Crippen LogP contribution in [0.4, 0.5) is 0 Å². The summed E-state index contributed by atoms with van der Waals surface area (Å²) in [5.41, 5.74) is 11.2. The molecular weight excluding hydrogens is 348 g/mol. The van der Waals surface area contributed by atoms with E-state index < -0.39 is 0 Å². The highest BCUT2D eigenvalue weighted by molar-refractivity contribution is 5.83. The quantitative estimate of drug-likeness (QED) is 0.700. The molecule has 0 radical (unpaired) electrons. The van der Waals surface area contributed by atoms with Crippen LogP contribution in [0.25, 0.3) is 10.8 Å². The van der Waals surface area contributed by atoms with E-state index in [2.05, 4.69) is 37.0 Å². The Hall–Kier alpha value is -2.59. The summed E-state index contributed by atoms with van der Waals surface area (Å²) in [5.74, 6) is 0.860. The molecule has 4 rings (SSSR count). The number of aryl methyl sites for hydroxylation is 3. The predicted molar refractivity (Wildman–Crippen MR) is 114 cm³/mol. The van der Waals surface area contributed by atoms with E-state index in [1.807, 2.05) is 25.1 Å². The van der Waals surface area contributed by atoms with Crippen LogP contribution in [0.15, 0.2) is 47.4 Å². The van der Waals surface area contributed by atoms with Gasteiger partial charge in [0.15, 0.2) is 0 Å². The van der Waals surface area contributed by atoms with E-state index in [1.54, 1.807) is 6.20 Å². The summed E-state index contributed by atoms with van der Waals surface area (Å²) >= 11 is 0. The van der Waals surface area contributed by atoms with Crippen molar-refractivity contribution < 1.29 is 4.74 Å². The summed E-state index contributed by atoms with van der Waals surface area (Å²) in [6, 6.07) is 12.4. The first kappa shape index (κ1) is 18.8. The zero-order valence-electron chi connectivity index (χ0n) is 16.8. The standard InChI is InChI=1S/C24H28N2O2/c1-15-10-16(2)12-19(11-15)24(25)7-4-20(5-8-24)28-22-14-18-6-9-26-23(27)21(18)13-17(22)3/h6,9-14,20H,4-5,7-8,25H2,1-3H3,(H,26,27)/t20-,24-. The molecule has 0 aliphatic heterocycles. The summed E-state index contributed by atoms with van der Waals surface area (Å²) < 4.78 is 6.34. The number of pyridine rings is 1. The molecule has 3 N–H and O–H groups in total. The third kappa shape index (κ3) is 3.57. The number of aromatic nitrogens is 1. The van der Waals surface area contributed by atoms with Crippen LogP contribution in [-0.4, -0.2) is 11.1 Å². The SMILES string of the molecule is Cc1cc(C)cc([C@]2(N)CC[C@H](Oc3cc4cc[nH]c(=O)c4cc3C)CC2)c1. The largest absolute Gasteiger partial charge is 0.490 e. The average molecular weight is 377 g/mol. The minimum atomic E-state index is -0.275. The van der Waals surface area contributed by atoms with Crippen molar-refractivity contribution in [1.82, 2.24) is 4.98 Å². The molecule has 0 saturated heterocycles. The maximum atomic E-state index is 12.0. The van der Waals surface area contributed by atoms with Crippen LogP contribution in [0.3, 0.4) is 0 Å². The Morgan fingerprint density at radius 2 is 1.71 bits per heavy atom. The number of hydrogen-bond acceptors (Lipinski definition) is 3. The summed E-state index contributed by atoms with van der Waals surface area (Å²) in [6.07, 6.45) is 5.50. The third-order valence-corrected chi connectivity index (χ3v) is 5.98. The van der Waals surface area contributed by atoms with Gasteiger partial charge in [-0.3, -0.25) is 4.79 Å². The smallest absolute Gasteiger partial charge is 0.255 e. The highest BCUT2D eigenvalue weighted by atomic mass is 16.5. The van der Waals surface area contributed by atoms with E-state index in [0.717, 1.165) is 42.4 Å². The van der Waals surface area contributed by atoms with Crippen molar-refractivity contribution in [2.45, 2.75) is 58.1 Å². The third-order valence-electron chi connectivity index (χ3n) is 5.98. The van der Waals surface area contributed by atoms with Crippen molar-refractivity contribution in [1.29, 1.82) is 0 Å². The molecule has 1 aromatic heterocycles. The van der Waals surface area contributed by atoms with Gasteiger partial charge in [0.1, 0.15) is 5.75 Å². The molecule has 1 heterocycles. The van der Waals surface area contributed by atoms with Gasteiger partial charge in [-0.1, -0.05) is 29.3 Å². The number of rotatable bonds is 3. The van der Waals surface area contributed by atoms with Gasteiger partial charge in [0.2, 0.25) is 0 Å². The molecule has 3 aromatic rings. The second kappa shape index (κ2) is 7.10. The van der Waals surface area contributed by atoms with E-state index in [0.29, 0.717) is 5.39 Å². The van der Waals surface area contributed by atoms with Gasteiger partial charge >= 0.3 is 0 Å².